The van der Waals surface area contributed by atoms with Crippen molar-refractivity contribution in [2.45, 2.75) is 44.1 Å². The topological polar surface area (TPSA) is 115 Å². The van der Waals surface area contributed by atoms with Gasteiger partial charge in [-0.1, -0.05) is 0 Å². The molecule has 4 atom stereocenters. The Morgan fingerprint density at radius 2 is 1.64 bits per heavy atom. The van der Waals surface area contributed by atoms with Gasteiger partial charge in [0.15, 0.2) is 0 Å². The van der Waals surface area contributed by atoms with E-state index in [-0.39, 0.29) is 5.41 Å². The highest BCUT2D eigenvalue weighted by Crippen LogP contribution is 2.65. The van der Waals surface area contributed by atoms with Gasteiger partial charge in [-0.15, -0.1) is 0 Å². The molecule has 4 unspecified atom stereocenters. The molecule has 0 aliphatic heterocycles. The molecule has 4 saturated carbocycles. The summed E-state index contributed by atoms with van der Waals surface area (Å²) in [5.74, 6) is -1.24. The Morgan fingerprint density at radius 3 is 2.05 bits per heavy atom. The molecule has 5 nitrogen and oxygen atoms in total. The third-order valence-electron chi connectivity index (χ3n) is 6.14. The summed E-state index contributed by atoms with van der Waals surface area (Å²) in [4.78, 5) is 0. The van der Waals surface area contributed by atoms with Crippen LogP contribution < -0.4 is 0 Å². The van der Waals surface area contributed by atoms with Crippen LogP contribution in [0.25, 0.3) is 0 Å². The molecule has 114 valence electrons. The molecule has 4 rings (SSSR count). The number of hydrogen-bond donors (Lipinski definition) is 2. The minimum atomic E-state index is -0.897. The van der Waals surface area contributed by atoms with Crippen LogP contribution in [-0.2, 0) is 0 Å². The summed E-state index contributed by atoms with van der Waals surface area (Å²) in [5, 5.41) is 46.6. The molecule has 0 amide bonds. The molecule has 4 aliphatic rings. The average molecular weight is 296 g/mol. The van der Waals surface area contributed by atoms with Gasteiger partial charge in [-0.05, 0) is 55.8 Å². The summed E-state index contributed by atoms with van der Waals surface area (Å²) in [7, 11) is 0. The Hall–Kier alpha value is -1.90. The number of nitrogens with one attached hydrogen (secondary N) is 1. The fourth-order valence-electron chi connectivity index (χ4n) is 6.03. The molecule has 4 bridgehead atoms. The van der Waals surface area contributed by atoms with Crippen molar-refractivity contribution in [3.8, 4) is 18.2 Å². The summed E-state index contributed by atoms with van der Waals surface area (Å²) in [6.07, 6.45) is 6.14. The van der Waals surface area contributed by atoms with Gasteiger partial charge in [0.05, 0.1) is 29.7 Å². The molecule has 0 aromatic heterocycles. The van der Waals surface area contributed by atoms with Crippen molar-refractivity contribution in [2.75, 3.05) is 0 Å². The number of rotatable bonds is 4. The maximum atomic E-state index is 10.9. The van der Waals surface area contributed by atoms with Crippen molar-refractivity contribution >= 4 is 6.21 Å². The second-order valence-electron chi connectivity index (χ2n) is 7.63. The standard InChI is InChI=1S/C17H20N4O/c18-6-13(7-19)15(14(8-20)9-21)16-2-11-1-12(3-16)5-17(22,4-11)10-16/h6,11-15,18,22H,1-5,10H2. The van der Waals surface area contributed by atoms with Crippen LogP contribution in [0.5, 0.6) is 0 Å². The Balaban J connectivity index is 2.04. The molecule has 0 aromatic rings. The first-order chi connectivity index (χ1) is 10.5. The zero-order valence-electron chi connectivity index (χ0n) is 12.5. The Labute approximate surface area is 130 Å². The molecule has 4 fully saturated rings. The SMILES string of the molecule is N#CC(C#N)C(C(C#N)C=N)C12CC3CC(CC(O)(C3)C1)C2. The molecule has 0 spiro atoms. The molecular weight excluding hydrogens is 276 g/mol. The minimum absolute atomic E-state index is 0.340. The van der Waals surface area contributed by atoms with Gasteiger partial charge in [-0.3, -0.25) is 0 Å². The van der Waals surface area contributed by atoms with E-state index in [9.17, 15) is 20.9 Å². The second-order valence-corrected chi connectivity index (χ2v) is 7.63. The highest BCUT2D eigenvalue weighted by molar-refractivity contribution is 5.61. The van der Waals surface area contributed by atoms with Crippen LogP contribution >= 0.6 is 0 Å². The molecule has 0 saturated heterocycles. The van der Waals surface area contributed by atoms with Crippen molar-refractivity contribution in [3.05, 3.63) is 0 Å². The second kappa shape index (κ2) is 5.08. The minimum Gasteiger partial charge on any atom is -0.390 e. The van der Waals surface area contributed by atoms with Crippen molar-refractivity contribution in [3.63, 3.8) is 0 Å². The van der Waals surface area contributed by atoms with Crippen molar-refractivity contribution in [2.24, 2.45) is 35.0 Å². The number of nitrogens with zero attached hydrogens (tertiary/aromatic N) is 3. The monoisotopic (exact) mass is 296 g/mol. The fraction of sp³-hybridized carbons (Fsp3) is 0.765. The fourth-order valence-corrected chi connectivity index (χ4v) is 6.03. The molecule has 0 heterocycles. The highest BCUT2D eigenvalue weighted by Gasteiger charge is 2.61. The molecule has 5 heteroatoms. The van der Waals surface area contributed by atoms with Crippen LogP contribution in [0.1, 0.15) is 38.5 Å². The smallest absolute Gasteiger partial charge is 0.138 e. The zero-order chi connectivity index (χ0) is 16.0. The van der Waals surface area contributed by atoms with Crippen LogP contribution in [0.2, 0.25) is 0 Å². The predicted molar refractivity (Wildman–Crippen MR) is 78.2 cm³/mol. The van der Waals surface area contributed by atoms with Crippen molar-refractivity contribution < 1.29 is 5.11 Å². The maximum absolute atomic E-state index is 10.9. The first-order valence-corrected chi connectivity index (χ1v) is 7.91. The number of aliphatic hydroxyl groups is 1. The Morgan fingerprint density at radius 1 is 1.05 bits per heavy atom. The lowest BCUT2D eigenvalue weighted by Crippen LogP contribution is -2.59. The van der Waals surface area contributed by atoms with E-state index < -0.39 is 23.4 Å². The quantitative estimate of drug-likeness (QED) is 0.775. The molecule has 22 heavy (non-hydrogen) atoms. The third kappa shape index (κ3) is 2.11. The van der Waals surface area contributed by atoms with Gasteiger partial charge < -0.3 is 10.5 Å². The molecule has 0 aromatic carbocycles. The Bertz CT molecular complexity index is 580. The summed E-state index contributed by atoms with van der Waals surface area (Å²) >= 11 is 0. The summed E-state index contributed by atoms with van der Waals surface area (Å²) < 4.78 is 0. The van der Waals surface area contributed by atoms with Crippen LogP contribution in [0.3, 0.4) is 0 Å². The largest absolute Gasteiger partial charge is 0.390 e. The lowest BCUT2D eigenvalue weighted by atomic mass is 9.43. The highest BCUT2D eigenvalue weighted by atomic mass is 16.3. The van der Waals surface area contributed by atoms with Crippen LogP contribution in [0.15, 0.2) is 0 Å². The first-order valence-electron chi connectivity index (χ1n) is 7.91. The Kier molecular flexibility index (Phi) is 3.47. The van der Waals surface area contributed by atoms with Gasteiger partial charge in [0.25, 0.3) is 0 Å². The lowest BCUT2D eigenvalue weighted by Gasteiger charge is -2.63. The van der Waals surface area contributed by atoms with E-state index in [1.165, 1.54) is 0 Å². The van der Waals surface area contributed by atoms with E-state index in [1.807, 2.05) is 12.1 Å². The first kappa shape index (κ1) is 15.0. The normalized spacial score (nSPS) is 41.2. The van der Waals surface area contributed by atoms with Gasteiger partial charge >= 0.3 is 0 Å². The predicted octanol–water partition coefficient (Wildman–Crippen LogP) is 2.39. The van der Waals surface area contributed by atoms with Gasteiger partial charge in [0.2, 0.25) is 0 Å². The molecule has 2 N–H and O–H groups in total. The van der Waals surface area contributed by atoms with Gasteiger partial charge in [-0.25, -0.2) is 0 Å². The van der Waals surface area contributed by atoms with Crippen molar-refractivity contribution in [1.29, 1.82) is 21.2 Å². The van der Waals surface area contributed by atoms with Gasteiger partial charge in [0.1, 0.15) is 5.92 Å². The van der Waals surface area contributed by atoms with Gasteiger partial charge in [0, 0.05) is 12.1 Å². The maximum Gasteiger partial charge on any atom is 0.138 e. The number of nitriles is 3. The third-order valence-corrected chi connectivity index (χ3v) is 6.14. The lowest BCUT2D eigenvalue weighted by molar-refractivity contribution is -0.185. The summed E-state index contributed by atoms with van der Waals surface area (Å²) in [6, 6.07) is 6.19. The van der Waals surface area contributed by atoms with E-state index >= 15 is 0 Å². The van der Waals surface area contributed by atoms with Crippen molar-refractivity contribution in [1.82, 2.24) is 0 Å². The van der Waals surface area contributed by atoms with E-state index in [1.54, 1.807) is 0 Å². The van der Waals surface area contributed by atoms with E-state index in [0.29, 0.717) is 18.3 Å². The molecular formula is C17H20N4O. The molecule has 0 radical (unpaired) electrons. The van der Waals surface area contributed by atoms with Crippen LogP contribution in [0, 0.1) is 74.4 Å². The number of hydrogen-bond acceptors (Lipinski definition) is 5. The zero-order valence-corrected chi connectivity index (χ0v) is 12.5. The van der Waals surface area contributed by atoms with Crippen LogP contribution in [0.4, 0.5) is 0 Å². The summed E-state index contributed by atoms with van der Waals surface area (Å²) in [5.41, 5.74) is -1.03. The average Bonchev–Trinajstić information content (AvgIpc) is 2.45. The van der Waals surface area contributed by atoms with E-state index in [4.69, 9.17) is 5.41 Å². The van der Waals surface area contributed by atoms with Gasteiger partial charge in [-0.2, -0.15) is 15.8 Å². The summed E-state index contributed by atoms with van der Waals surface area (Å²) in [6.45, 7) is 0. The molecule has 4 aliphatic carbocycles. The van der Waals surface area contributed by atoms with E-state index in [2.05, 4.69) is 6.07 Å². The van der Waals surface area contributed by atoms with Crippen LogP contribution in [-0.4, -0.2) is 16.9 Å². The van der Waals surface area contributed by atoms with E-state index in [0.717, 1.165) is 38.3 Å².